The Labute approximate surface area is 74.9 Å². The molecule has 0 amide bonds. The summed E-state index contributed by atoms with van der Waals surface area (Å²) in [5, 5.41) is 3.19. The van der Waals surface area contributed by atoms with E-state index in [1.165, 1.54) is 0 Å². The normalized spacial score (nSPS) is 19.7. The van der Waals surface area contributed by atoms with Crippen molar-refractivity contribution in [3.8, 4) is 0 Å². The van der Waals surface area contributed by atoms with Crippen molar-refractivity contribution in [2.75, 3.05) is 18.8 Å². The molecule has 0 bridgehead atoms. The third-order valence-electron chi connectivity index (χ3n) is 1.87. The molecular weight excluding hydrogens is 186 g/mol. The summed E-state index contributed by atoms with van der Waals surface area (Å²) in [6.45, 7) is 1.96. The predicted octanol–water partition coefficient (Wildman–Crippen LogP) is 0.0192. The van der Waals surface area contributed by atoms with Crippen molar-refractivity contribution >= 4 is 23.1 Å². The SMILES string of the molecule is Cl.O=[SH](=O)CC1CCNCC1. The summed E-state index contributed by atoms with van der Waals surface area (Å²) in [6, 6.07) is 0. The van der Waals surface area contributed by atoms with E-state index in [1.807, 2.05) is 0 Å². The number of halogens is 1. The Morgan fingerprint density at radius 1 is 1.27 bits per heavy atom. The summed E-state index contributed by atoms with van der Waals surface area (Å²) in [5.41, 5.74) is 0. The minimum Gasteiger partial charge on any atom is -0.317 e. The number of thiol groups is 1. The standard InChI is InChI=1S/C6H13NO2S.ClH/c8-10(9)5-6-1-3-7-4-2-6;/h6-7,10H,1-5H2;1H. The molecule has 0 aliphatic carbocycles. The molecule has 1 fully saturated rings. The lowest BCUT2D eigenvalue weighted by molar-refractivity contribution is 0.403. The quantitative estimate of drug-likeness (QED) is 0.617. The van der Waals surface area contributed by atoms with Crippen molar-refractivity contribution in [3.05, 3.63) is 0 Å². The summed E-state index contributed by atoms with van der Waals surface area (Å²) in [7, 11) is -2.15. The summed E-state index contributed by atoms with van der Waals surface area (Å²) in [4.78, 5) is 0. The van der Waals surface area contributed by atoms with Crippen molar-refractivity contribution in [2.24, 2.45) is 5.92 Å². The van der Waals surface area contributed by atoms with Crippen LogP contribution in [0, 0.1) is 5.92 Å². The number of nitrogens with one attached hydrogen (secondary N) is 1. The Morgan fingerprint density at radius 3 is 2.27 bits per heavy atom. The van der Waals surface area contributed by atoms with Gasteiger partial charge in [-0.25, -0.2) is 8.42 Å². The van der Waals surface area contributed by atoms with Crippen LogP contribution < -0.4 is 5.32 Å². The molecule has 0 aromatic carbocycles. The van der Waals surface area contributed by atoms with Gasteiger partial charge in [0, 0.05) is 0 Å². The molecular formula is C6H14ClNO2S. The lowest BCUT2D eigenvalue weighted by atomic mass is 10.0. The van der Waals surface area contributed by atoms with Gasteiger partial charge in [-0.15, -0.1) is 12.4 Å². The maximum absolute atomic E-state index is 10.3. The second-order valence-corrected chi connectivity index (χ2v) is 3.74. The van der Waals surface area contributed by atoms with E-state index in [1.54, 1.807) is 0 Å². The zero-order valence-electron chi connectivity index (χ0n) is 6.28. The molecule has 1 aliphatic rings. The van der Waals surface area contributed by atoms with Crippen molar-refractivity contribution in [1.29, 1.82) is 0 Å². The Hall–Kier alpha value is 0.200. The molecule has 5 heteroatoms. The first kappa shape index (κ1) is 11.2. The molecule has 1 saturated heterocycles. The molecule has 11 heavy (non-hydrogen) atoms. The van der Waals surface area contributed by atoms with Crippen LogP contribution in [-0.2, 0) is 10.7 Å². The van der Waals surface area contributed by atoms with E-state index in [4.69, 9.17) is 0 Å². The molecule has 0 radical (unpaired) electrons. The number of hydrogen-bond donors (Lipinski definition) is 2. The van der Waals surface area contributed by atoms with E-state index < -0.39 is 10.7 Å². The fourth-order valence-electron chi connectivity index (χ4n) is 1.28. The van der Waals surface area contributed by atoms with Crippen LogP contribution in [0.3, 0.4) is 0 Å². The van der Waals surface area contributed by atoms with Crippen LogP contribution in [0.4, 0.5) is 0 Å². The van der Waals surface area contributed by atoms with Gasteiger partial charge in [-0.1, -0.05) is 0 Å². The second-order valence-electron chi connectivity index (χ2n) is 2.71. The molecule has 68 valence electrons. The molecule has 1 heterocycles. The van der Waals surface area contributed by atoms with Gasteiger partial charge in [0.25, 0.3) is 0 Å². The molecule has 0 unspecified atom stereocenters. The predicted molar refractivity (Wildman–Crippen MR) is 48.0 cm³/mol. The molecule has 0 aromatic rings. The Balaban J connectivity index is 0.000001000. The minimum absolute atomic E-state index is 0. The van der Waals surface area contributed by atoms with Gasteiger partial charge in [0.1, 0.15) is 10.7 Å². The third-order valence-corrected chi connectivity index (χ3v) is 2.68. The molecule has 1 aliphatic heterocycles. The van der Waals surface area contributed by atoms with E-state index in [2.05, 4.69) is 5.32 Å². The van der Waals surface area contributed by atoms with Gasteiger partial charge in [0.2, 0.25) is 0 Å². The van der Waals surface area contributed by atoms with Crippen LogP contribution in [0.2, 0.25) is 0 Å². The monoisotopic (exact) mass is 199 g/mol. The van der Waals surface area contributed by atoms with Crippen LogP contribution in [0.25, 0.3) is 0 Å². The van der Waals surface area contributed by atoms with Gasteiger partial charge < -0.3 is 5.32 Å². The van der Waals surface area contributed by atoms with E-state index in [0.29, 0.717) is 11.7 Å². The average Bonchev–Trinajstić information content (AvgIpc) is 1.88. The molecule has 0 saturated carbocycles. The summed E-state index contributed by atoms with van der Waals surface area (Å²) >= 11 is 0. The zero-order valence-corrected chi connectivity index (χ0v) is 8.00. The van der Waals surface area contributed by atoms with E-state index in [9.17, 15) is 8.42 Å². The van der Waals surface area contributed by atoms with Crippen molar-refractivity contribution in [1.82, 2.24) is 5.32 Å². The maximum Gasteiger partial charge on any atom is 0.140 e. The van der Waals surface area contributed by atoms with Gasteiger partial charge in [-0.05, 0) is 31.8 Å². The Bertz CT molecular complexity index is 158. The molecule has 3 nitrogen and oxygen atoms in total. The first-order chi connectivity index (χ1) is 4.79. The summed E-state index contributed by atoms with van der Waals surface area (Å²) in [6.07, 6.45) is 2.03. The van der Waals surface area contributed by atoms with Crippen LogP contribution >= 0.6 is 12.4 Å². The van der Waals surface area contributed by atoms with E-state index in [0.717, 1.165) is 25.9 Å². The highest BCUT2D eigenvalue weighted by molar-refractivity contribution is 7.72. The van der Waals surface area contributed by atoms with E-state index >= 15 is 0 Å². The smallest absolute Gasteiger partial charge is 0.140 e. The highest BCUT2D eigenvalue weighted by atomic mass is 35.5. The number of hydrogen-bond acceptors (Lipinski definition) is 3. The minimum atomic E-state index is -2.15. The van der Waals surface area contributed by atoms with Crippen LogP contribution in [0.15, 0.2) is 0 Å². The molecule has 1 N–H and O–H groups in total. The lowest BCUT2D eigenvalue weighted by Crippen LogP contribution is -2.29. The lowest BCUT2D eigenvalue weighted by Gasteiger charge is -2.19. The fourth-order valence-corrected chi connectivity index (χ4v) is 2.06. The van der Waals surface area contributed by atoms with Gasteiger partial charge in [-0.2, -0.15) is 0 Å². The second kappa shape index (κ2) is 5.80. The Kier molecular flexibility index (Phi) is 5.91. The van der Waals surface area contributed by atoms with Gasteiger partial charge in [0.15, 0.2) is 0 Å². The van der Waals surface area contributed by atoms with Gasteiger partial charge >= 0.3 is 0 Å². The fraction of sp³-hybridized carbons (Fsp3) is 1.00. The molecule has 1 rings (SSSR count). The van der Waals surface area contributed by atoms with Crippen LogP contribution in [-0.4, -0.2) is 27.3 Å². The molecule has 0 spiro atoms. The largest absolute Gasteiger partial charge is 0.317 e. The Morgan fingerprint density at radius 2 is 1.82 bits per heavy atom. The van der Waals surface area contributed by atoms with Gasteiger partial charge in [0.05, 0.1) is 5.75 Å². The summed E-state index contributed by atoms with van der Waals surface area (Å²) < 4.78 is 20.6. The summed E-state index contributed by atoms with van der Waals surface area (Å²) in [5.74, 6) is 0.805. The van der Waals surface area contributed by atoms with E-state index in [-0.39, 0.29) is 12.4 Å². The first-order valence-electron chi connectivity index (χ1n) is 3.61. The molecule has 0 atom stereocenters. The van der Waals surface area contributed by atoms with Gasteiger partial charge in [-0.3, -0.25) is 0 Å². The number of piperidine rings is 1. The van der Waals surface area contributed by atoms with Crippen molar-refractivity contribution < 1.29 is 8.42 Å². The molecule has 0 aromatic heterocycles. The average molecular weight is 200 g/mol. The topological polar surface area (TPSA) is 46.2 Å². The van der Waals surface area contributed by atoms with Crippen molar-refractivity contribution in [3.63, 3.8) is 0 Å². The van der Waals surface area contributed by atoms with Crippen LogP contribution in [0.1, 0.15) is 12.8 Å². The zero-order chi connectivity index (χ0) is 7.40. The highest BCUT2D eigenvalue weighted by Gasteiger charge is 2.12. The highest BCUT2D eigenvalue weighted by Crippen LogP contribution is 2.10. The van der Waals surface area contributed by atoms with Crippen LogP contribution in [0.5, 0.6) is 0 Å². The van der Waals surface area contributed by atoms with Crippen molar-refractivity contribution in [2.45, 2.75) is 12.8 Å². The maximum atomic E-state index is 10.3. The third kappa shape index (κ3) is 4.61. The number of rotatable bonds is 2. The first-order valence-corrected chi connectivity index (χ1v) is 4.98.